The second-order valence-corrected chi connectivity index (χ2v) is 0. The van der Waals surface area contributed by atoms with Crippen molar-refractivity contribution in [3.63, 3.8) is 0 Å². The van der Waals surface area contributed by atoms with E-state index in [0.29, 0.717) is 0 Å². The molecule has 0 aromatic rings. The maximum absolute atomic E-state index is 0. The van der Waals surface area contributed by atoms with Crippen molar-refractivity contribution < 1.29 is 47.9 Å². The summed E-state index contributed by atoms with van der Waals surface area (Å²) >= 11 is 0. The third kappa shape index (κ3) is 21.8. The average Bonchev–Trinajstić information content (AvgIpc) is 0. The normalized spacial score (nSPS) is 0. The van der Waals surface area contributed by atoms with Crippen LogP contribution in [-0.2, 0) is 47.9 Å². The molecule has 0 saturated carbocycles. The van der Waals surface area contributed by atoms with Crippen molar-refractivity contribution in [1.29, 1.82) is 0 Å². The van der Waals surface area contributed by atoms with E-state index in [4.69, 9.17) is 0 Å². The second kappa shape index (κ2) is 32.9. The molecule has 0 bridgehead atoms. The topological polar surface area (TPSA) is 0 Å². The van der Waals surface area contributed by atoms with Gasteiger partial charge in [0.2, 0.25) is 0 Å². The van der Waals surface area contributed by atoms with Crippen molar-refractivity contribution in [2.24, 2.45) is 0 Å². The Morgan fingerprint density at radius 2 is 1.00 bits per heavy atom. The van der Waals surface area contributed by atoms with Crippen LogP contribution in [-0.4, -0.2) is 28.3 Å². The molecular weight excluding hydrogens is 206 g/mol. The molecule has 5 heavy (non-hydrogen) atoms. The van der Waals surface area contributed by atoms with Crippen LogP contribution in [0.3, 0.4) is 0 Å². The van der Waals surface area contributed by atoms with E-state index in [1.807, 2.05) is 0 Å². The average molecular weight is 217 g/mol. The maximum Gasteiger partial charge on any atom is 0.187 e. The fourth-order valence-corrected chi connectivity index (χ4v) is 0. The Morgan fingerprint density at radius 3 is 1.00 bits per heavy atom. The van der Waals surface area contributed by atoms with Gasteiger partial charge in [0.15, 0.2) is 17.4 Å². The minimum atomic E-state index is 0. The minimum absolute atomic E-state index is 0. The van der Waals surface area contributed by atoms with Gasteiger partial charge in [-0.1, -0.05) is 7.43 Å². The summed E-state index contributed by atoms with van der Waals surface area (Å²) in [4.78, 5) is 0. The molecule has 30 valence electrons. The van der Waals surface area contributed by atoms with Gasteiger partial charge in [0.1, 0.15) is 0 Å². The molecule has 0 aromatic carbocycles. The van der Waals surface area contributed by atoms with Crippen LogP contribution in [0.4, 0.5) is 0 Å². The van der Waals surface area contributed by atoms with Crippen LogP contribution < -0.4 is 0 Å². The van der Waals surface area contributed by atoms with E-state index in [0.717, 1.165) is 0 Å². The molecule has 0 fully saturated rings. The van der Waals surface area contributed by atoms with Crippen LogP contribution in [0.2, 0.25) is 0 Å². The number of rotatable bonds is 0. The van der Waals surface area contributed by atoms with E-state index in [-0.39, 0.29) is 83.7 Å². The van der Waals surface area contributed by atoms with Crippen molar-refractivity contribution >= 4 is 28.3 Å². The molecule has 4 heteroatoms. The number of hydrogen-bond donors (Lipinski definition) is 0. The third-order valence-corrected chi connectivity index (χ3v) is 0. The number of hydrogen-bond acceptors (Lipinski definition) is 0. The van der Waals surface area contributed by atoms with Gasteiger partial charge < -0.3 is 0 Å². The minimum Gasteiger partial charge on any atom is -0.0776 e. The Balaban J connectivity index is 0. The fraction of sp³-hybridized carbons (Fsp3) is 1.00. The zero-order chi connectivity index (χ0) is 0. The molecule has 0 N–H and O–H groups in total. The van der Waals surface area contributed by atoms with Crippen molar-refractivity contribution in [2.75, 3.05) is 0 Å². The molecule has 0 aliphatic rings. The van der Waals surface area contributed by atoms with Crippen molar-refractivity contribution in [3.05, 3.63) is 0 Å². The summed E-state index contributed by atoms with van der Waals surface area (Å²) in [6.07, 6.45) is 0. The Bertz CT molecular complexity index is 11.6. The second-order valence-electron chi connectivity index (χ2n) is 0. The molecule has 0 aromatic heterocycles. The quantitative estimate of drug-likeness (QED) is 0.412. The van der Waals surface area contributed by atoms with Crippen LogP contribution >= 0.6 is 0 Å². The van der Waals surface area contributed by atoms with E-state index in [1.54, 1.807) is 0 Å². The van der Waals surface area contributed by atoms with Crippen LogP contribution in [0.1, 0.15) is 7.43 Å². The standard InChI is InChI=1S/CH4.Al.H4Si.Ti.Zr.3H/h1H4;;1H4;;;;;. The summed E-state index contributed by atoms with van der Waals surface area (Å²) in [6.45, 7) is 0. The SMILES string of the molecule is C.[AlH3].[SiH4].[Ti].[Zr]. The molecule has 0 saturated heterocycles. The Hall–Kier alpha value is 2.35. The van der Waals surface area contributed by atoms with Gasteiger partial charge in [0.25, 0.3) is 0 Å². The molecule has 0 amide bonds. The van der Waals surface area contributed by atoms with E-state index >= 15 is 0 Å². The van der Waals surface area contributed by atoms with Crippen molar-refractivity contribution in [1.82, 2.24) is 0 Å². The van der Waals surface area contributed by atoms with E-state index < -0.39 is 0 Å². The van der Waals surface area contributed by atoms with Crippen molar-refractivity contribution in [2.45, 2.75) is 7.43 Å². The molecule has 0 aliphatic heterocycles. The molecule has 0 heterocycles. The molecule has 0 rings (SSSR count). The van der Waals surface area contributed by atoms with E-state index in [1.165, 1.54) is 0 Å². The molecule has 0 atom stereocenters. The third-order valence-electron chi connectivity index (χ3n) is 0. The van der Waals surface area contributed by atoms with Gasteiger partial charge in [-0.15, -0.1) is 0 Å². The largest absolute Gasteiger partial charge is 0.187 e. The fourth-order valence-electron chi connectivity index (χ4n) is 0. The van der Waals surface area contributed by atoms with Gasteiger partial charge in [-0.3, -0.25) is 0 Å². The molecule has 0 nitrogen and oxygen atoms in total. The van der Waals surface area contributed by atoms with Crippen LogP contribution in [0.25, 0.3) is 0 Å². The van der Waals surface area contributed by atoms with Gasteiger partial charge in [-0.05, 0) is 11.0 Å². The summed E-state index contributed by atoms with van der Waals surface area (Å²) < 4.78 is 0. The Morgan fingerprint density at radius 1 is 1.00 bits per heavy atom. The predicted molar refractivity (Wildman–Crippen MR) is 28.0 cm³/mol. The first-order chi connectivity index (χ1) is 0. The Kier molecular flexibility index (Phi) is 354. The van der Waals surface area contributed by atoms with E-state index in [9.17, 15) is 0 Å². The van der Waals surface area contributed by atoms with Gasteiger partial charge in [-0.25, -0.2) is 0 Å². The van der Waals surface area contributed by atoms with Crippen LogP contribution in [0.5, 0.6) is 0 Å². The summed E-state index contributed by atoms with van der Waals surface area (Å²) in [5.41, 5.74) is 0. The monoisotopic (exact) mass is 216 g/mol. The van der Waals surface area contributed by atoms with Gasteiger partial charge in [0.05, 0.1) is 0 Å². The summed E-state index contributed by atoms with van der Waals surface area (Å²) in [7, 11) is 0. The molecule has 0 aliphatic carbocycles. The molecule has 0 spiro atoms. The maximum atomic E-state index is 0. The first kappa shape index (κ1) is 53.7. The zero-order valence-electron chi connectivity index (χ0n) is 1.00. The Labute approximate surface area is 82.6 Å². The van der Waals surface area contributed by atoms with Crippen LogP contribution in [0.15, 0.2) is 0 Å². The van der Waals surface area contributed by atoms with Crippen molar-refractivity contribution in [3.8, 4) is 0 Å². The summed E-state index contributed by atoms with van der Waals surface area (Å²) in [6, 6.07) is 0. The smallest absolute Gasteiger partial charge is 0.0776 e. The molecular formula is CH11AlSiTiZr. The molecule has 0 radical (unpaired) electrons. The van der Waals surface area contributed by atoms with Gasteiger partial charge >= 0.3 is 0 Å². The van der Waals surface area contributed by atoms with E-state index in [2.05, 4.69) is 0 Å². The first-order valence-electron chi connectivity index (χ1n) is 0. The zero-order valence-corrected chi connectivity index (χ0v) is 5.02. The predicted octanol–water partition coefficient (Wildman–Crippen LogP) is -2.00. The first-order valence-corrected chi connectivity index (χ1v) is 0. The van der Waals surface area contributed by atoms with Crippen LogP contribution in [0, 0.1) is 0 Å². The summed E-state index contributed by atoms with van der Waals surface area (Å²) in [5.74, 6) is 0. The summed E-state index contributed by atoms with van der Waals surface area (Å²) in [5, 5.41) is 0. The van der Waals surface area contributed by atoms with Gasteiger partial charge in [-0.2, -0.15) is 0 Å². The van der Waals surface area contributed by atoms with Gasteiger partial charge in [0, 0.05) is 47.9 Å². The molecule has 0 unspecified atom stereocenters.